The van der Waals surface area contributed by atoms with Crippen LogP contribution in [0.5, 0.6) is 0 Å². The van der Waals surface area contributed by atoms with Crippen LogP contribution in [-0.2, 0) is 14.8 Å². The number of aliphatic carboxylic acids is 1. The Hall–Kier alpha value is -2.37. The van der Waals surface area contributed by atoms with Crippen LogP contribution < -0.4 is 10.0 Å². The van der Waals surface area contributed by atoms with Crippen molar-refractivity contribution in [2.75, 3.05) is 6.54 Å². The number of carbonyl (C=O) groups excluding carboxylic acids is 1. The fourth-order valence-corrected chi connectivity index (χ4v) is 2.91. The number of terminal acetylenes is 1. The Bertz CT molecular complexity index is 752. The molecule has 2 atom stereocenters. The topological polar surface area (TPSA) is 113 Å². The molecule has 0 aliphatic heterocycles. The average molecular weight is 352 g/mol. The number of sulfonamides is 1. The van der Waals surface area contributed by atoms with Gasteiger partial charge in [-0.3, -0.25) is 4.79 Å². The van der Waals surface area contributed by atoms with Crippen LogP contribution in [0.1, 0.15) is 30.6 Å². The highest BCUT2D eigenvalue weighted by Gasteiger charge is 2.26. The highest BCUT2D eigenvalue weighted by atomic mass is 32.2. The van der Waals surface area contributed by atoms with Crippen LogP contribution in [0.2, 0.25) is 0 Å². The third kappa shape index (κ3) is 5.08. The molecule has 0 saturated carbocycles. The van der Waals surface area contributed by atoms with Crippen molar-refractivity contribution in [3.63, 3.8) is 0 Å². The molecule has 1 aromatic carbocycles. The molecule has 0 saturated heterocycles. The normalized spacial score (nSPS) is 13.5. The van der Waals surface area contributed by atoms with Gasteiger partial charge in [0, 0.05) is 5.56 Å². The Morgan fingerprint density at radius 1 is 1.38 bits per heavy atom. The number of amides is 1. The van der Waals surface area contributed by atoms with Gasteiger partial charge in [0.1, 0.15) is 6.04 Å². The summed E-state index contributed by atoms with van der Waals surface area (Å²) in [7, 11) is -3.83. The van der Waals surface area contributed by atoms with Gasteiger partial charge in [-0.25, -0.2) is 13.2 Å². The van der Waals surface area contributed by atoms with Gasteiger partial charge in [-0.05, 0) is 24.1 Å². The van der Waals surface area contributed by atoms with Crippen molar-refractivity contribution < 1.29 is 23.1 Å². The summed E-state index contributed by atoms with van der Waals surface area (Å²) in [6.07, 6.45) is 5.59. The molecule has 0 aliphatic carbocycles. The minimum atomic E-state index is -3.83. The Balaban J connectivity index is 3.03. The lowest BCUT2D eigenvalue weighted by molar-refractivity contribution is -0.140. The van der Waals surface area contributed by atoms with Crippen molar-refractivity contribution in [2.45, 2.75) is 31.2 Å². The molecule has 130 valence electrons. The molecule has 0 fully saturated rings. The smallest absolute Gasteiger partial charge is 0.326 e. The number of carbonyl (C=O) groups is 2. The van der Waals surface area contributed by atoms with Crippen LogP contribution >= 0.6 is 0 Å². The lowest BCUT2D eigenvalue weighted by Gasteiger charge is -2.20. The van der Waals surface area contributed by atoms with Crippen LogP contribution in [0.4, 0.5) is 0 Å². The van der Waals surface area contributed by atoms with Crippen molar-refractivity contribution in [3.8, 4) is 12.3 Å². The van der Waals surface area contributed by atoms with E-state index in [4.69, 9.17) is 6.42 Å². The second-order valence-corrected chi connectivity index (χ2v) is 7.00. The van der Waals surface area contributed by atoms with E-state index in [0.717, 1.165) is 0 Å². The third-order valence-corrected chi connectivity index (χ3v) is 4.94. The third-order valence-electron chi connectivity index (χ3n) is 3.54. The minimum Gasteiger partial charge on any atom is -0.480 e. The molecule has 0 aromatic heterocycles. The number of carboxylic acids is 1. The fourth-order valence-electron chi connectivity index (χ4n) is 1.93. The molecule has 8 heteroatoms. The summed E-state index contributed by atoms with van der Waals surface area (Å²) in [6.45, 7) is 3.36. The van der Waals surface area contributed by atoms with E-state index in [1.54, 1.807) is 6.92 Å². The number of nitrogens with one attached hydrogen (secondary N) is 2. The summed E-state index contributed by atoms with van der Waals surface area (Å²) in [6, 6.07) is 4.24. The molecule has 1 amide bonds. The lowest BCUT2D eigenvalue weighted by atomic mass is 9.99. The molecule has 0 radical (unpaired) electrons. The molecule has 0 bridgehead atoms. The first-order valence-corrected chi connectivity index (χ1v) is 8.78. The SMILES string of the molecule is C#CCNS(=O)(=O)c1cccc(C(=O)NC(C(=O)O)C(C)CC)c1. The van der Waals surface area contributed by atoms with Gasteiger partial charge in [-0.1, -0.05) is 32.3 Å². The van der Waals surface area contributed by atoms with Crippen LogP contribution in [0.15, 0.2) is 29.2 Å². The van der Waals surface area contributed by atoms with Crippen molar-refractivity contribution in [3.05, 3.63) is 29.8 Å². The van der Waals surface area contributed by atoms with Crippen LogP contribution in [-0.4, -0.2) is 38.0 Å². The molecule has 1 aromatic rings. The summed E-state index contributed by atoms with van der Waals surface area (Å²) in [5.74, 6) is 0.0883. The Labute approximate surface area is 141 Å². The molecule has 7 nitrogen and oxygen atoms in total. The second-order valence-electron chi connectivity index (χ2n) is 5.23. The van der Waals surface area contributed by atoms with E-state index >= 15 is 0 Å². The maximum atomic E-state index is 12.3. The van der Waals surface area contributed by atoms with Crippen molar-refractivity contribution >= 4 is 21.9 Å². The minimum absolute atomic E-state index is 0.0492. The molecule has 0 spiro atoms. The molecule has 24 heavy (non-hydrogen) atoms. The Kier molecular flexibility index (Phi) is 6.95. The number of rotatable bonds is 8. The van der Waals surface area contributed by atoms with E-state index in [9.17, 15) is 23.1 Å². The van der Waals surface area contributed by atoms with E-state index in [1.165, 1.54) is 24.3 Å². The van der Waals surface area contributed by atoms with Gasteiger partial charge in [0.15, 0.2) is 0 Å². The summed E-state index contributed by atoms with van der Waals surface area (Å²) < 4.78 is 26.2. The van der Waals surface area contributed by atoms with Gasteiger partial charge >= 0.3 is 5.97 Å². The van der Waals surface area contributed by atoms with Gasteiger partial charge in [0.25, 0.3) is 5.91 Å². The molecular formula is C16H20N2O5S. The van der Waals surface area contributed by atoms with E-state index in [2.05, 4.69) is 16.0 Å². The van der Waals surface area contributed by atoms with Gasteiger partial charge in [0.05, 0.1) is 11.4 Å². The van der Waals surface area contributed by atoms with Crippen LogP contribution in [0.3, 0.4) is 0 Å². The second kappa shape index (κ2) is 8.47. The van der Waals surface area contributed by atoms with E-state index in [1.807, 2.05) is 6.92 Å². The average Bonchev–Trinajstić information content (AvgIpc) is 2.56. The molecular weight excluding hydrogens is 332 g/mol. The maximum absolute atomic E-state index is 12.3. The standard InChI is InChI=1S/C16H20N2O5S/c1-4-9-17-24(22,23)13-8-6-7-12(10-13)15(19)18-14(16(20)21)11(3)5-2/h1,6-8,10-11,14,17H,5,9H2,2-3H3,(H,18,19)(H,20,21). The first-order valence-electron chi connectivity index (χ1n) is 7.29. The lowest BCUT2D eigenvalue weighted by Crippen LogP contribution is -2.45. The summed E-state index contributed by atoms with van der Waals surface area (Å²) in [4.78, 5) is 23.4. The first-order chi connectivity index (χ1) is 11.2. The largest absolute Gasteiger partial charge is 0.480 e. The van der Waals surface area contributed by atoms with Crippen molar-refractivity contribution in [1.29, 1.82) is 0 Å². The monoisotopic (exact) mass is 352 g/mol. The number of hydrogen-bond acceptors (Lipinski definition) is 4. The van der Waals surface area contributed by atoms with E-state index in [-0.39, 0.29) is 22.9 Å². The zero-order chi connectivity index (χ0) is 18.3. The van der Waals surface area contributed by atoms with Crippen LogP contribution in [0.25, 0.3) is 0 Å². The van der Waals surface area contributed by atoms with Gasteiger partial charge in [0.2, 0.25) is 10.0 Å². The first kappa shape index (κ1) is 19.7. The highest BCUT2D eigenvalue weighted by molar-refractivity contribution is 7.89. The maximum Gasteiger partial charge on any atom is 0.326 e. The zero-order valence-corrected chi connectivity index (χ0v) is 14.3. The molecule has 3 N–H and O–H groups in total. The predicted molar refractivity (Wildman–Crippen MR) is 88.8 cm³/mol. The van der Waals surface area contributed by atoms with Crippen molar-refractivity contribution in [2.24, 2.45) is 5.92 Å². The number of hydrogen-bond donors (Lipinski definition) is 3. The highest BCUT2D eigenvalue weighted by Crippen LogP contribution is 2.13. The zero-order valence-electron chi connectivity index (χ0n) is 13.4. The van der Waals surface area contributed by atoms with E-state index < -0.39 is 27.9 Å². The van der Waals surface area contributed by atoms with Gasteiger partial charge in [-0.15, -0.1) is 6.42 Å². The Morgan fingerprint density at radius 2 is 2.04 bits per heavy atom. The molecule has 2 unspecified atom stereocenters. The Morgan fingerprint density at radius 3 is 2.58 bits per heavy atom. The number of carboxylic acid groups (broad SMARTS) is 1. The molecule has 0 aliphatic rings. The fraction of sp³-hybridized carbons (Fsp3) is 0.375. The van der Waals surface area contributed by atoms with E-state index in [0.29, 0.717) is 6.42 Å². The summed E-state index contributed by atoms with van der Waals surface area (Å²) >= 11 is 0. The summed E-state index contributed by atoms with van der Waals surface area (Å²) in [5, 5.41) is 11.6. The summed E-state index contributed by atoms with van der Waals surface area (Å²) in [5.41, 5.74) is 0.0492. The predicted octanol–water partition coefficient (Wildman–Crippen LogP) is 0.827. The number of benzene rings is 1. The van der Waals surface area contributed by atoms with Crippen molar-refractivity contribution in [1.82, 2.24) is 10.0 Å². The molecule has 1 rings (SSSR count). The van der Waals surface area contributed by atoms with Crippen LogP contribution in [0, 0.1) is 18.3 Å². The van der Waals surface area contributed by atoms with Gasteiger partial charge in [-0.2, -0.15) is 4.72 Å². The molecule has 0 heterocycles. The quantitative estimate of drug-likeness (QED) is 0.600. The van der Waals surface area contributed by atoms with Gasteiger partial charge < -0.3 is 10.4 Å².